The highest BCUT2D eigenvalue weighted by Crippen LogP contribution is 2.31. The van der Waals surface area contributed by atoms with Gasteiger partial charge in [-0.05, 0) is 47.7 Å². The predicted octanol–water partition coefficient (Wildman–Crippen LogP) is 5.19. The first-order valence-corrected chi connectivity index (χ1v) is 17.7. The molecule has 1 aliphatic rings. The first kappa shape index (κ1) is 37.3. The van der Waals surface area contributed by atoms with Crippen molar-refractivity contribution in [3.63, 3.8) is 0 Å². The van der Waals surface area contributed by atoms with Crippen LogP contribution < -0.4 is 0 Å². The third kappa shape index (κ3) is 10.2. The summed E-state index contributed by atoms with van der Waals surface area (Å²) in [7, 11) is 2.88. The molecule has 258 valence electrons. The average molecular weight is 700 g/mol. The van der Waals surface area contributed by atoms with Gasteiger partial charge in [-0.1, -0.05) is 82.3 Å². The van der Waals surface area contributed by atoms with Crippen molar-refractivity contribution >= 4 is 38.5 Å². The highest BCUT2D eigenvalue weighted by molar-refractivity contribution is 8.76. The molecular weight excluding hydrogens is 659 g/mol. The lowest BCUT2D eigenvalue weighted by atomic mass is 9.98. The van der Waals surface area contributed by atoms with E-state index in [0.29, 0.717) is 29.9 Å². The third-order valence-electron chi connectivity index (χ3n) is 7.87. The summed E-state index contributed by atoms with van der Waals surface area (Å²) < 4.78 is 56.0. The summed E-state index contributed by atoms with van der Waals surface area (Å²) in [5.41, 5.74) is 0.768. The number of alkyl halides is 3. The van der Waals surface area contributed by atoms with Gasteiger partial charge in [-0.2, -0.15) is 13.2 Å². The molecule has 0 aliphatic carbocycles. The van der Waals surface area contributed by atoms with Crippen LogP contribution >= 0.6 is 21.6 Å². The Morgan fingerprint density at radius 2 is 1.66 bits per heavy atom. The van der Waals surface area contributed by atoms with Gasteiger partial charge in [-0.3, -0.25) is 0 Å². The van der Waals surface area contributed by atoms with Crippen molar-refractivity contribution in [3.8, 4) is 0 Å². The zero-order valence-electron chi connectivity index (χ0n) is 25.8. The molecule has 1 saturated heterocycles. The average Bonchev–Trinajstić information content (AvgIpc) is 3.06. The van der Waals surface area contributed by atoms with Crippen molar-refractivity contribution in [3.05, 3.63) is 83.4 Å². The number of aliphatic hydroxyl groups is 4. The fraction of sp³-hybridized carbons (Fsp3) is 0.485. The highest BCUT2D eigenvalue weighted by atomic mass is 33.1. The normalized spacial score (nSPS) is 22.3. The first-order valence-electron chi connectivity index (χ1n) is 15.2. The second-order valence-electron chi connectivity index (χ2n) is 11.1. The van der Waals surface area contributed by atoms with E-state index in [1.165, 1.54) is 27.7 Å². The first-order chi connectivity index (χ1) is 22.5. The molecule has 0 unspecified atom stereocenters. The van der Waals surface area contributed by atoms with Gasteiger partial charge in [0.15, 0.2) is 6.29 Å². The van der Waals surface area contributed by atoms with Gasteiger partial charge in [0.1, 0.15) is 31.0 Å². The molecule has 3 aromatic carbocycles. The lowest BCUT2D eigenvalue weighted by Gasteiger charge is -2.39. The molecule has 6 atom stereocenters. The molecule has 14 heteroatoms. The fourth-order valence-corrected chi connectivity index (χ4v) is 7.02. The number of carbonyl (C=O) groups is 1. The standard InChI is InChI=1S/C33H40F3NO8S2/c1-21(25-13-5-10-23-9-2-3-12-26(23)25)37(14-6-8-22-7-4-11-24(19-22)33(34,35)36)32(42)44-16-18-47-46-17-15-43-31-30(41)29(40)28(39)27(20-38)45-31/h2-5,7,9-13,19,21,27-31,38-41H,6,8,14-18,20H2,1H3/t21-,27-,28-,29+,30-,31-/m1/s1. The molecule has 47 heavy (non-hydrogen) atoms. The van der Waals surface area contributed by atoms with Crippen LogP contribution in [0.3, 0.4) is 0 Å². The maximum Gasteiger partial charge on any atom is 0.416 e. The molecule has 9 nitrogen and oxygen atoms in total. The minimum atomic E-state index is -4.43. The molecule has 1 aliphatic heterocycles. The number of aliphatic hydroxyl groups excluding tert-OH is 4. The van der Waals surface area contributed by atoms with E-state index < -0.39 is 55.1 Å². The molecule has 1 fully saturated rings. The molecule has 1 heterocycles. The zero-order chi connectivity index (χ0) is 34.0. The second-order valence-corrected chi connectivity index (χ2v) is 13.8. The van der Waals surface area contributed by atoms with Crippen molar-refractivity contribution in [1.82, 2.24) is 4.90 Å². The van der Waals surface area contributed by atoms with E-state index in [4.69, 9.17) is 14.2 Å². The van der Waals surface area contributed by atoms with Crippen LogP contribution in [-0.2, 0) is 26.8 Å². The van der Waals surface area contributed by atoms with Crippen molar-refractivity contribution < 1.29 is 52.6 Å². The van der Waals surface area contributed by atoms with Gasteiger partial charge < -0.3 is 39.5 Å². The van der Waals surface area contributed by atoms with Gasteiger partial charge in [0.25, 0.3) is 0 Å². The van der Waals surface area contributed by atoms with Crippen LogP contribution in [0.15, 0.2) is 66.7 Å². The Morgan fingerprint density at radius 1 is 0.957 bits per heavy atom. The maximum atomic E-state index is 13.4. The number of fused-ring (bicyclic) bond motifs is 1. The Bertz CT molecular complexity index is 1430. The van der Waals surface area contributed by atoms with Gasteiger partial charge in [0.2, 0.25) is 0 Å². The van der Waals surface area contributed by atoms with Gasteiger partial charge in [0, 0.05) is 18.1 Å². The van der Waals surface area contributed by atoms with Crippen LogP contribution in [0.25, 0.3) is 10.8 Å². The lowest BCUT2D eigenvalue weighted by molar-refractivity contribution is -0.299. The smallest absolute Gasteiger partial charge is 0.416 e. The van der Waals surface area contributed by atoms with Crippen molar-refractivity contribution in [2.75, 3.05) is 37.9 Å². The Labute approximate surface area is 279 Å². The number of rotatable bonds is 15. The minimum absolute atomic E-state index is 0.121. The van der Waals surface area contributed by atoms with Gasteiger partial charge >= 0.3 is 12.3 Å². The number of amides is 1. The van der Waals surface area contributed by atoms with E-state index in [1.54, 1.807) is 11.0 Å². The Hall–Kier alpha value is -2.56. The van der Waals surface area contributed by atoms with Crippen LogP contribution in [0.2, 0.25) is 0 Å². The molecule has 3 aromatic rings. The Kier molecular flexibility index (Phi) is 14.1. The number of carbonyl (C=O) groups excluding carboxylic acids is 1. The summed E-state index contributed by atoms with van der Waals surface area (Å²) in [6.45, 7) is 1.92. The fourth-order valence-electron chi connectivity index (χ4n) is 5.35. The summed E-state index contributed by atoms with van der Waals surface area (Å²) in [4.78, 5) is 15.0. The number of hydrogen-bond acceptors (Lipinski definition) is 10. The number of nitrogens with zero attached hydrogens (tertiary/aromatic N) is 1. The summed E-state index contributed by atoms with van der Waals surface area (Å²) in [5.74, 6) is 0.949. The monoisotopic (exact) mass is 699 g/mol. The molecular formula is C33H40F3NO8S2. The van der Waals surface area contributed by atoms with E-state index in [-0.39, 0.29) is 25.8 Å². The third-order valence-corrected chi connectivity index (χ3v) is 10.2. The van der Waals surface area contributed by atoms with Crippen LogP contribution in [0.4, 0.5) is 18.0 Å². The van der Waals surface area contributed by atoms with E-state index in [9.17, 15) is 38.4 Å². The molecule has 4 N–H and O–H groups in total. The molecule has 1 amide bonds. The number of ether oxygens (including phenoxy) is 3. The van der Waals surface area contributed by atoms with E-state index >= 15 is 0 Å². The lowest BCUT2D eigenvalue weighted by Crippen LogP contribution is -2.59. The van der Waals surface area contributed by atoms with Crippen LogP contribution in [-0.4, -0.2) is 100.0 Å². The van der Waals surface area contributed by atoms with Gasteiger partial charge in [-0.25, -0.2) is 4.79 Å². The summed E-state index contributed by atoms with van der Waals surface area (Å²) in [6, 6.07) is 18.6. The second kappa shape index (κ2) is 17.7. The SMILES string of the molecule is C[C@H](c1cccc2ccccc12)N(CCCc1cccc(C(F)(F)F)c1)C(=O)OCCSSCCO[C@@H]1O[C@H](CO)[C@@H](O)[C@H](O)[C@H]1O. The molecule has 0 saturated carbocycles. The molecule has 0 bridgehead atoms. The predicted molar refractivity (Wildman–Crippen MR) is 175 cm³/mol. The van der Waals surface area contributed by atoms with E-state index in [1.807, 2.05) is 49.4 Å². The van der Waals surface area contributed by atoms with Crippen molar-refractivity contribution in [1.29, 1.82) is 0 Å². The van der Waals surface area contributed by atoms with Gasteiger partial charge in [0.05, 0.1) is 24.8 Å². The number of hydrogen-bond donors (Lipinski definition) is 4. The van der Waals surface area contributed by atoms with E-state index in [2.05, 4.69) is 0 Å². The minimum Gasteiger partial charge on any atom is -0.448 e. The zero-order valence-corrected chi connectivity index (χ0v) is 27.4. The van der Waals surface area contributed by atoms with Crippen LogP contribution in [0.5, 0.6) is 0 Å². The van der Waals surface area contributed by atoms with Crippen LogP contribution in [0, 0.1) is 0 Å². The summed E-state index contributed by atoms with van der Waals surface area (Å²) >= 11 is 0. The Morgan fingerprint density at radius 3 is 2.40 bits per heavy atom. The number of halogens is 3. The molecule has 0 radical (unpaired) electrons. The maximum absolute atomic E-state index is 13.4. The number of aryl methyl sites for hydroxylation is 1. The molecule has 0 spiro atoms. The summed E-state index contributed by atoms with van der Waals surface area (Å²) in [5, 5.41) is 41.1. The largest absolute Gasteiger partial charge is 0.448 e. The van der Waals surface area contributed by atoms with Crippen molar-refractivity contribution in [2.24, 2.45) is 0 Å². The van der Waals surface area contributed by atoms with Gasteiger partial charge in [-0.15, -0.1) is 0 Å². The molecule has 0 aromatic heterocycles. The van der Waals surface area contributed by atoms with Crippen LogP contribution in [0.1, 0.15) is 36.1 Å². The molecule has 4 rings (SSSR count). The Balaban J connectivity index is 1.28. The van der Waals surface area contributed by atoms with Crippen molar-refractivity contribution in [2.45, 2.75) is 62.7 Å². The quantitative estimate of drug-likeness (QED) is 0.124. The van der Waals surface area contributed by atoms with E-state index in [0.717, 1.165) is 28.5 Å². The highest BCUT2D eigenvalue weighted by Gasteiger charge is 2.44. The summed E-state index contributed by atoms with van der Waals surface area (Å²) in [6.07, 6.45) is -10.8. The topological polar surface area (TPSA) is 129 Å². The number of benzene rings is 3.